The molecule has 0 bridgehead atoms. The first-order valence-corrected chi connectivity index (χ1v) is 7.56. The monoisotopic (exact) mass is 320 g/mol. The predicted molar refractivity (Wildman–Crippen MR) is 88.5 cm³/mol. The summed E-state index contributed by atoms with van der Waals surface area (Å²) in [6, 6.07) is 5.17. The average Bonchev–Trinajstić information content (AvgIpc) is 2.51. The summed E-state index contributed by atoms with van der Waals surface area (Å²) in [6.07, 6.45) is 0.861. The lowest BCUT2D eigenvalue weighted by atomic mass is 9.98. The van der Waals surface area contributed by atoms with Gasteiger partial charge in [0.2, 0.25) is 0 Å². The second-order valence-electron chi connectivity index (χ2n) is 6.00. The van der Waals surface area contributed by atoms with Crippen LogP contribution in [0.1, 0.15) is 44.7 Å². The molecule has 1 aromatic carbocycles. The van der Waals surface area contributed by atoms with Crippen LogP contribution in [0.25, 0.3) is 5.76 Å². The van der Waals surface area contributed by atoms with Crippen molar-refractivity contribution in [2.24, 2.45) is 5.92 Å². The Morgan fingerprint density at radius 1 is 1.22 bits per heavy atom. The van der Waals surface area contributed by atoms with E-state index in [4.69, 9.17) is 4.74 Å². The Bertz CT molecular complexity index is 599. The Kier molecular flexibility index (Phi) is 6.82. The van der Waals surface area contributed by atoms with Gasteiger partial charge < -0.3 is 14.6 Å². The number of carbonyl (C=O) groups is 2. The third-order valence-corrected chi connectivity index (χ3v) is 3.15. The van der Waals surface area contributed by atoms with E-state index in [1.807, 2.05) is 13.8 Å². The maximum atomic E-state index is 11.5. The molecule has 0 spiro atoms. The van der Waals surface area contributed by atoms with Gasteiger partial charge in [0.25, 0.3) is 5.78 Å². The van der Waals surface area contributed by atoms with Gasteiger partial charge in [0, 0.05) is 11.6 Å². The van der Waals surface area contributed by atoms with Crippen molar-refractivity contribution in [2.45, 2.75) is 33.6 Å². The van der Waals surface area contributed by atoms with E-state index in [1.165, 1.54) is 0 Å². The standard InChI is InChI=1S/C18H24O5/c1-11(2)10-23-17-7-6-13(8-14(17)12(3)4)15(19)9-16(20)18(21)22-5/h6-9,11-12,19H,10H2,1-5H3/b15-9-. The Labute approximate surface area is 136 Å². The minimum atomic E-state index is -1.02. The van der Waals surface area contributed by atoms with Gasteiger partial charge in [-0.05, 0) is 35.6 Å². The van der Waals surface area contributed by atoms with E-state index >= 15 is 0 Å². The van der Waals surface area contributed by atoms with Gasteiger partial charge in [-0.15, -0.1) is 0 Å². The number of ether oxygens (including phenoxy) is 2. The van der Waals surface area contributed by atoms with E-state index in [2.05, 4.69) is 18.6 Å². The van der Waals surface area contributed by atoms with Crippen molar-refractivity contribution in [3.05, 3.63) is 35.4 Å². The summed E-state index contributed by atoms with van der Waals surface area (Å²) in [5, 5.41) is 10.0. The van der Waals surface area contributed by atoms with E-state index in [9.17, 15) is 14.7 Å². The number of aliphatic hydroxyl groups is 1. The number of hydrogen-bond donors (Lipinski definition) is 1. The zero-order valence-corrected chi connectivity index (χ0v) is 14.3. The normalized spacial score (nSPS) is 11.7. The fraction of sp³-hybridized carbons (Fsp3) is 0.444. The first kappa shape index (κ1) is 18.7. The van der Waals surface area contributed by atoms with E-state index in [0.717, 1.165) is 24.5 Å². The molecule has 0 aliphatic rings. The third-order valence-electron chi connectivity index (χ3n) is 3.15. The second-order valence-corrected chi connectivity index (χ2v) is 6.00. The molecular weight excluding hydrogens is 296 g/mol. The van der Waals surface area contributed by atoms with Gasteiger partial charge in [0.15, 0.2) is 0 Å². The topological polar surface area (TPSA) is 72.8 Å². The molecule has 0 aliphatic carbocycles. The smallest absolute Gasteiger partial charge is 0.378 e. The highest BCUT2D eigenvalue weighted by atomic mass is 16.5. The van der Waals surface area contributed by atoms with E-state index in [1.54, 1.807) is 18.2 Å². The van der Waals surface area contributed by atoms with Crippen molar-refractivity contribution in [3.8, 4) is 5.75 Å². The SMILES string of the molecule is COC(=O)C(=O)/C=C(\O)c1ccc(OCC(C)C)c(C(C)C)c1. The first-order valence-electron chi connectivity index (χ1n) is 7.56. The van der Waals surface area contributed by atoms with Gasteiger partial charge in [-0.1, -0.05) is 27.7 Å². The van der Waals surface area contributed by atoms with E-state index < -0.39 is 11.8 Å². The van der Waals surface area contributed by atoms with Crippen LogP contribution >= 0.6 is 0 Å². The molecule has 1 N–H and O–H groups in total. The number of esters is 1. The Morgan fingerprint density at radius 2 is 1.87 bits per heavy atom. The van der Waals surface area contributed by atoms with Crippen LogP contribution in [-0.2, 0) is 14.3 Å². The van der Waals surface area contributed by atoms with Crippen LogP contribution in [0.4, 0.5) is 0 Å². The Hall–Kier alpha value is -2.30. The Balaban J connectivity index is 3.10. The molecule has 0 atom stereocenters. The van der Waals surface area contributed by atoms with Crippen molar-refractivity contribution in [2.75, 3.05) is 13.7 Å². The van der Waals surface area contributed by atoms with Crippen LogP contribution in [0.5, 0.6) is 5.75 Å². The molecule has 0 radical (unpaired) electrons. The summed E-state index contributed by atoms with van der Waals surface area (Å²) in [5.41, 5.74) is 1.37. The van der Waals surface area contributed by atoms with Crippen LogP contribution in [0.3, 0.4) is 0 Å². The quantitative estimate of drug-likeness (QED) is 0.360. The minimum Gasteiger partial charge on any atom is -0.507 e. The van der Waals surface area contributed by atoms with Crippen molar-refractivity contribution in [1.29, 1.82) is 0 Å². The molecule has 0 aliphatic heterocycles. The van der Waals surface area contributed by atoms with Gasteiger partial charge in [0.1, 0.15) is 11.5 Å². The number of rotatable bonds is 7. The first-order chi connectivity index (χ1) is 10.8. The van der Waals surface area contributed by atoms with Gasteiger partial charge in [-0.2, -0.15) is 0 Å². The number of aliphatic hydroxyl groups excluding tert-OH is 1. The van der Waals surface area contributed by atoms with Gasteiger partial charge >= 0.3 is 5.97 Å². The molecule has 0 fully saturated rings. The molecule has 126 valence electrons. The number of hydrogen-bond acceptors (Lipinski definition) is 5. The molecule has 23 heavy (non-hydrogen) atoms. The minimum absolute atomic E-state index is 0.182. The van der Waals surface area contributed by atoms with E-state index in [0.29, 0.717) is 18.1 Å². The molecule has 0 saturated heterocycles. The summed E-state index contributed by atoms with van der Waals surface area (Å²) in [4.78, 5) is 22.6. The average molecular weight is 320 g/mol. The zero-order chi connectivity index (χ0) is 17.6. The van der Waals surface area contributed by atoms with Crippen molar-refractivity contribution >= 4 is 17.5 Å². The summed E-state index contributed by atoms with van der Waals surface area (Å²) in [6.45, 7) is 8.76. The maximum Gasteiger partial charge on any atom is 0.378 e. The van der Waals surface area contributed by atoms with Crippen LogP contribution in [0.15, 0.2) is 24.3 Å². The summed E-state index contributed by atoms with van der Waals surface area (Å²) < 4.78 is 10.1. The van der Waals surface area contributed by atoms with Gasteiger partial charge in [-0.25, -0.2) is 4.79 Å². The van der Waals surface area contributed by atoms with Crippen molar-refractivity contribution in [3.63, 3.8) is 0 Å². The second kappa shape index (κ2) is 8.36. The zero-order valence-electron chi connectivity index (χ0n) is 14.3. The lowest BCUT2D eigenvalue weighted by Gasteiger charge is -2.16. The number of benzene rings is 1. The van der Waals surface area contributed by atoms with Crippen LogP contribution in [-0.4, -0.2) is 30.6 Å². The number of methoxy groups -OCH3 is 1. The summed E-state index contributed by atoms with van der Waals surface area (Å²) in [5.74, 6) is -0.863. The molecule has 1 rings (SSSR count). The molecule has 0 heterocycles. The molecule has 5 heteroatoms. The van der Waals surface area contributed by atoms with Gasteiger partial charge in [0.05, 0.1) is 13.7 Å². The van der Waals surface area contributed by atoms with Crippen molar-refractivity contribution in [1.82, 2.24) is 0 Å². The van der Waals surface area contributed by atoms with Crippen molar-refractivity contribution < 1.29 is 24.2 Å². The summed E-state index contributed by atoms with van der Waals surface area (Å²) >= 11 is 0. The van der Waals surface area contributed by atoms with Crippen LogP contribution in [0, 0.1) is 5.92 Å². The lowest BCUT2D eigenvalue weighted by Crippen LogP contribution is -2.13. The Morgan fingerprint density at radius 3 is 2.39 bits per heavy atom. The highest BCUT2D eigenvalue weighted by Crippen LogP contribution is 2.29. The predicted octanol–water partition coefficient (Wildman–Crippen LogP) is 3.49. The lowest BCUT2D eigenvalue weighted by molar-refractivity contribution is -0.149. The highest BCUT2D eigenvalue weighted by Gasteiger charge is 2.15. The number of carbonyl (C=O) groups excluding carboxylic acids is 2. The molecule has 0 amide bonds. The third kappa shape index (κ3) is 5.43. The van der Waals surface area contributed by atoms with Crippen LogP contribution < -0.4 is 4.74 Å². The maximum absolute atomic E-state index is 11.5. The molecular formula is C18H24O5. The van der Waals surface area contributed by atoms with Gasteiger partial charge in [-0.3, -0.25) is 4.79 Å². The fourth-order valence-electron chi connectivity index (χ4n) is 1.91. The molecule has 0 unspecified atom stereocenters. The molecule has 0 saturated carbocycles. The van der Waals surface area contributed by atoms with E-state index in [-0.39, 0.29) is 11.7 Å². The van der Waals surface area contributed by atoms with Crippen LogP contribution in [0.2, 0.25) is 0 Å². The molecule has 0 aromatic heterocycles. The highest BCUT2D eigenvalue weighted by molar-refractivity contribution is 6.39. The molecule has 5 nitrogen and oxygen atoms in total. The summed E-state index contributed by atoms with van der Waals surface area (Å²) in [7, 11) is 1.11. The number of ketones is 1. The largest absolute Gasteiger partial charge is 0.507 e. The molecule has 1 aromatic rings. The fourth-order valence-corrected chi connectivity index (χ4v) is 1.91.